The van der Waals surface area contributed by atoms with Crippen molar-refractivity contribution in [2.24, 2.45) is 28.6 Å². The summed E-state index contributed by atoms with van der Waals surface area (Å²) in [5.74, 6) is 0.899. The molecule has 5 aliphatic rings. The van der Waals surface area contributed by atoms with Crippen molar-refractivity contribution in [2.75, 3.05) is 13.2 Å². The van der Waals surface area contributed by atoms with Crippen LogP contribution >= 0.6 is 0 Å². The normalized spacial score (nSPS) is 46.5. The fourth-order valence-corrected chi connectivity index (χ4v) is 8.41. The predicted molar refractivity (Wildman–Crippen MR) is 112 cm³/mol. The maximum Gasteiger partial charge on any atom is 0.303 e. The van der Waals surface area contributed by atoms with Gasteiger partial charge in [0.15, 0.2) is 17.2 Å². The Morgan fingerprint density at radius 2 is 1.70 bits per heavy atom. The lowest BCUT2D eigenvalue weighted by atomic mass is 9.46. The number of ketones is 1. The number of carbonyl (C=O) groups excluding carboxylic acids is 2. The van der Waals surface area contributed by atoms with Gasteiger partial charge in [-0.2, -0.15) is 0 Å². The van der Waals surface area contributed by atoms with Crippen LogP contribution in [0.25, 0.3) is 0 Å². The molecule has 3 saturated carbocycles. The van der Waals surface area contributed by atoms with Gasteiger partial charge in [-0.25, -0.2) is 0 Å². The number of rotatable bonds is 2. The largest absolute Gasteiger partial charge is 0.451 e. The van der Waals surface area contributed by atoms with E-state index in [1.165, 1.54) is 12.5 Å². The van der Waals surface area contributed by atoms with Gasteiger partial charge in [-0.3, -0.25) is 9.59 Å². The number of hydrogen-bond acceptors (Lipinski definition) is 5. The van der Waals surface area contributed by atoms with E-state index in [-0.39, 0.29) is 28.4 Å². The van der Waals surface area contributed by atoms with E-state index < -0.39 is 5.60 Å². The third kappa shape index (κ3) is 2.60. The first-order valence-electron chi connectivity index (χ1n) is 11.8. The summed E-state index contributed by atoms with van der Waals surface area (Å²) in [4.78, 5) is 24.8. The molecule has 1 aliphatic heterocycles. The quantitative estimate of drug-likeness (QED) is 0.487. The van der Waals surface area contributed by atoms with E-state index in [0.717, 1.165) is 44.9 Å². The highest BCUT2D eigenvalue weighted by atomic mass is 16.7. The van der Waals surface area contributed by atoms with Crippen molar-refractivity contribution in [2.45, 2.75) is 90.4 Å². The van der Waals surface area contributed by atoms with Gasteiger partial charge in [-0.15, -0.1) is 0 Å². The monoisotopic (exact) mass is 416 g/mol. The van der Waals surface area contributed by atoms with Crippen LogP contribution in [-0.2, 0) is 23.8 Å². The third-order valence-corrected chi connectivity index (χ3v) is 9.93. The first-order chi connectivity index (χ1) is 14.2. The second-order valence-electron chi connectivity index (χ2n) is 11.0. The summed E-state index contributed by atoms with van der Waals surface area (Å²) in [6.45, 7) is 9.15. The Bertz CT molecular complexity index is 795. The molecule has 0 aromatic rings. The van der Waals surface area contributed by atoms with E-state index in [4.69, 9.17) is 14.2 Å². The van der Waals surface area contributed by atoms with E-state index in [1.54, 1.807) is 6.92 Å². The lowest BCUT2D eigenvalue weighted by molar-refractivity contribution is -0.194. The molecule has 0 unspecified atom stereocenters. The minimum Gasteiger partial charge on any atom is -0.451 e. The number of Topliss-reactive ketones (excluding diaryl/α,β-unsaturated/α-hetero) is 1. The highest BCUT2D eigenvalue weighted by Crippen LogP contribution is 2.68. The zero-order valence-corrected chi connectivity index (χ0v) is 18.9. The summed E-state index contributed by atoms with van der Waals surface area (Å²) < 4.78 is 17.9. The molecule has 0 radical (unpaired) electrons. The summed E-state index contributed by atoms with van der Waals surface area (Å²) in [7, 11) is 0. The number of esters is 1. The Hall–Kier alpha value is -1.20. The Labute approximate surface area is 179 Å². The van der Waals surface area contributed by atoms with Gasteiger partial charge < -0.3 is 14.2 Å². The summed E-state index contributed by atoms with van der Waals surface area (Å²) in [5, 5.41) is 0. The van der Waals surface area contributed by atoms with Crippen LogP contribution in [-0.4, -0.2) is 36.4 Å². The number of ether oxygens (including phenoxy) is 3. The highest BCUT2D eigenvalue weighted by molar-refractivity contribution is 5.89. The van der Waals surface area contributed by atoms with Crippen LogP contribution in [0.4, 0.5) is 0 Å². The van der Waals surface area contributed by atoms with Gasteiger partial charge in [-0.05, 0) is 68.6 Å². The number of fused-ring (bicyclic) bond motifs is 5. The molecule has 6 atom stereocenters. The van der Waals surface area contributed by atoms with Crippen molar-refractivity contribution < 1.29 is 23.8 Å². The molecule has 5 rings (SSSR count). The van der Waals surface area contributed by atoms with Crippen LogP contribution in [0.15, 0.2) is 11.6 Å². The third-order valence-electron chi connectivity index (χ3n) is 9.93. The zero-order chi connectivity index (χ0) is 21.4. The predicted octanol–water partition coefficient (Wildman–Crippen LogP) is 4.58. The molecule has 166 valence electrons. The lowest BCUT2D eigenvalue weighted by Crippen LogP contribution is -2.58. The van der Waals surface area contributed by atoms with E-state index >= 15 is 0 Å². The Morgan fingerprint density at radius 1 is 1.00 bits per heavy atom. The van der Waals surface area contributed by atoms with Gasteiger partial charge in [-0.1, -0.05) is 25.5 Å². The van der Waals surface area contributed by atoms with Crippen molar-refractivity contribution in [3.05, 3.63) is 11.6 Å². The van der Waals surface area contributed by atoms with Gasteiger partial charge in [0.1, 0.15) is 0 Å². The second kappa shape index (κ2) is 6.65. The Morgan fingerprint density at radius 3 is 2.37 bits per heavy atom. The van der Waals surface area contributed by atoms with Crippen molar-refractivity contribution in [1.29, 1.82) is 0 Å². The maximum absolute atomic E-state index is 12.8. The molecule has 30 heavy (non-hydrogen) atoms. The molecule has 1 spiro atoms. The number of hydrogen-bond donors (Lipinski definition) is 0. The SMILES string of the molecule is CC(=O)O[C@@]1(C(C)=O)CC[C@@H]2[C@H]3CC=C4CC5(CC[C@]4(C)[C@@H]3CC[C@@]21C)OCCO5. The minimum absolute atomic E-state index is 0.0227. The molecule has 4 fully saturated rings. The van der Waals surface area contributed by atoms with Crippen molar-refractivity contribution in [3.63, 3.8) is 0 Å². The average Bonchev–Trinajstić information content (AvgIpc) is 3.25. The summed E-state index contributed by atoms with van der Waals surface area (Å²) >= 11 is 0. The molecule has 0 aromatic heterocycles. The van der Waals surface area contributed by atoms with Gasteiger partial charge in [0, 0.05) is 25.2 Å². The van der Waals surface area contributed by atoms with E-state index in [1.807, 2.05) is 0 Å². The smallest absolute Gasteiger partial charge is 0.303 e. The molecular weight excluding hydrogens is 380 g/mol. The molecule has 5 heteroatoms. The Kier molecular flexibility index (Phi) is 4.59. The van der Waals surface area contributed by atoms with E-state index in [9.17, 15) is 9.59 Å². The summed E-state index contributed by atoms with van der Waals surface area (Å²) in [6, 6.07) is 0. The average molecular weight is 417 g/mol. The maximum atomic E-state index is 12.8. The number of carbonyl (C=O) groups is 2. The molecule has 5 nitrogen and oxygen atoms in total. The van der Waals surface area contributed by atoms with Crippen LogP contribution in [0, 0.1) is 28.6 Å². The molecule has 1 saturated heterocycles. The van der Waals surface area contributed by atoms with Crippen molar-refractivity contribution >= 4 is 11.8 Å². The van der Waals surface area contributed by atoms with Crippen LogP contribution in [0.1, 0.15) is 79.1 Å². The molecular formula is C25H36O5. The molecule has 4 aliphatic carbocycles. The molecule has 0 N–H and O–H groups in total. The fourth-order valence-electron chi connectivity index (χ4n) is 8.41. The first-order valence-corrected chi connectivity index (χ1v) is 11.8. The molecule has 0 amide bonds. The van der Waals surface area contributed by atoms with Crippen LogP contribution in [0.3, 0.4) is 0 Å². The van der Waals surface area contributed by atoms with Crippen LogP contribution < -0.4 is 0 Å². The second-order valence-corrected chi connectivity index (χ2v) is 11.0. The first kappa shape index (κ1) is 20.7. The minimum atomic E-state index is -0.943. The van der Waals surface area contributed by atoms with E-state index in [0.29, 0.717) is 37.4 Å². The number of allylic oxidation sites excluding steroid dienone is 1. The van der Waals surface area contributed by atoms with Gasteiger partial charge >= 0.3 is 5.97 Å². The summed E-state index contributed by atoms with van der Waals surface area (Å²) in [6.07, 6.45) is 10.2. The van der Waals surface area contributed by atoms with E-state index in [2.05, 4.69) is 19.9 Å². The molecule has 1 heterocycles. The van der Waals surface area contributed by atoms with Gasteiger partial charge in [0.2, 0.25) is 0 Å². The summed E-state index contributed by atoms with van der Waals surface area (Å²) in [5.41, 5.74) is 0.507. The van der Waals surface area contributed by atoms with Crippen LogP contribution in [0.2, 0.25) is 0 Å². The fraction of sp³-hybridized carbons (Fsp3) is 0.840. The van der Waals surface area contributed by atoms with Crippen molar-refractivity contribution in [3.8, 4) is 0 Å². The molecule has 0 aromatic carbocycles. The van der Waals surface area contributed by atoms with Gasteiger partial charge in [0.05, 0.1) is 13.2 Å². The van der Waals surface area contributed by atoms with Crippen LogP contribution in [0.5, 0.6) is 0 Å². The Balaban J connectivity index is 1.46. The molecule has 0 bridgehead atoms. The highest BCUT2D eigenvalue weighted by Gasteiger charge is 2.68. The zero-order valence-electron chi connectivity index (χ0n) is 18.9. The topological polar surface area (TPSA) is 61.8 Å². The van der Waals surface area contributed by atoms with Crippen molar-refractivity contribution in [1.82, 2.24) is 0 Å². The standard InChI is InChI=1S/C25H36O5/c1-16(26)25(30-17(2)27)10-8-21-19-6-5-18-15-24(28-13-14-29-24)12-11-22(18,3)20(19)7-9-23(21,25)4/h5,19-21H,6-15H2,1-4H3/t19-,20+,21+,22-,23-,25+/m0/s1. The lowest BCUT2D eigenvalue weighted by Gasteiger charge is -2.59. The van der Waals surface area contributed by atoms with Gasteiger partial charge in [0.25, 0.3) is 0 Å².